The molecule has 96 valence electrons. The van der Waals surface area contributed by atoms with Crippen LogP contribution in [0.3, 0.4) is 0 Å². The van der Waals surface area contributed by atoms with Crippen molar-refractivity contribution in [2.24, 2.45) is 0 Å². The minimum Gasteiger partial charge on any atom is -0.379 e. The average Bonchev–Trinajstić information content (AvgIpc) is 3.09. The molecule has 0 aliphatic rings. The van der Waals surface area contributed by atoms with E-state index < -0.39 is 0 Å². The summed E-state index contributed by atoms with van der Waals surface area (Å²) >= 11 is 3.41. The second-order valence-electron chi connectivity index (χ2n) is 4.38. The van der Waals surface area contributed by atoms with Gasteiger partial charge < -0.3 is 5.32 Å². The summed E-state index contributed by atoms with van der Waals surface area (Å²) in [6, 6.07) is 10.5. The topological polar surface area (TPSA) is 24.9 Å². The van der Waals surface area contributed by atoms with Gasteiger partial charge in [0.05, 0.1) is 12.2 Å². The van der Waals surface area contributed by atoms with Crippen LogP contribution in [0.2, 0.25) is 0 Å². The predicted molar refractivity (Wildman–Crippen MR) is 83.9 cm³/mol. The molecule has 0 unspecified atom stereocenters. The van der Waals surface area contributed by atoms with Gasteiger partial charge in [-0.25, -0.2) is 4.98 Å². The van der Waals surface area contributed by atoms with Gasteiger partial charge in [-0.05, 0) is 30.5 Å². The molecule has 1 N–H and O–H groups in total. The lowest BCUT2D eigenvalue weighted by Crippen LogP contribution is -1.99. The number of aryl methyl sites for hydroxylation is 1. The van der Waals surface area contributed by atoms with Gasteiger partial charge in [0.2, 0.25) is 0 Å². The maximum atomic E-state index is 4.65. The molecule has 1 aromatic carbocycles. The lowest BCUT2D eigenvalue weighted by molar-refractivity contribution is 1.08. The van der Waals surface area contributed by atoms with Crippen LogP contribution in [-0.2, 0) is 6.54 Å². The van der Waals surface area contributed by atoms with Crippen molar-refractivity contribution in [1.29, 1.82) is 0 Å². The Hall–Kier alpha value is -1.65. The number of rotatable bonds is 4. The van der Waals surface area contributed by atoms with Crippen LogP contribution in [0.5, 0.6) is 0 Å². The van der Waals surface area contributed by atoms with Gasteiger partial charge in [-0.15, -0.1) is 11.3 Å². The summed E-state index contributed by atoms with van der Waals surface area (Å²) in [6.45, 7) is 2.86. The first kappa shape index (κ1) is 12.4. The van der Waals surface area contributed by atoms with Gasteiger partial charge in [-0.2, -0.15) is 11.3 Å². The monoisotopic (exact) mass is 286 g/mol. The predicted octanol–water partition coefficient (Wildman–Crippen LogP) is 4.79. The molecule has 0 aliphatic heterocycles. The smallest absolute Gasteiger partial charge is 0.124 e. The van der Waals surface area contributed by atoms with E-state index in [9.17, 15) is 0 Å². The van der Waals surface area contributed by atoms with E-state index >= 15 is 0 Å². The molecule has 0 fully saturated rings. The lowest BCUT2D eigenvalue weighted by atomic mass is 10.2. The molecule has 0 saturated carbocycles. The Morgan fingerprint density at radius 1 is 1.11 bits per heavy atom. The molecular weight excluding hydrogens is 272 g/mol. The molecule has 0 atom stereocenters. The van der Waals surface area contributed by atoms with Gasteiger partial charge in [0, 0.05) is 22.0 Å². The van der Waals surface area contributed by atoms with Crippen molar-refractivity contribution >= 4 is 28.4 Å². The third kappa shape index (κ3) is 3.03. The minimum atomic E-state index is 0.768. The molecule has 0 bridgehead atoms. The van der Waals surface area contributed by atoms with Crippen molar-refractivity contribution < 1.29 is 0 Å². The number of anilines is 1. The molecule has 0 radical (unpaired) electrons. The summed E-state index contributed by atoms with van der Waals surface area (Å²) < 4.78 is 0. The zero-order chi connectivity index (χ0) is 13.1. The fourth-order valence-electron chi connectivity index (χ4n) is 1.77. The highest BCUT2D eigenvalue weighted by atomic mass is 32.1. The average molecular weight is 286 g/mol. The number of nitrogens with one attached hydrogen (secondary N) is 1. The number of benzene rings is 1. The quantitative estimate of drug-likeness (QED) is 0.745. The summed E-state index contributed by atoms with van der Waals surface area (Å²) in [5, 5.41) is 10.8. The van der Waals surface area contributed by atoms with E-state index in [1.807, 2.05) is 0 Å². The summed E-state index contributed by atoms with van der Waals surface area (Å²) in [6.07, 6.45) is 0. The molecular formula is C15H14N2S2. The van der Waals surface area contributed by atoms with Crippen LogP contribution in [0.15, 0.2) is 46.5 Å². The first-order chi connectivity index (χ1) is 9.31. The van der Waals surface area contributed by atoms with Crippen molar-refractivity contribution in [1.82, 2.24) is 4.98 Å². The Bertz CT molecular complexity index is 639. The zero-order valence-electron chi connectivity index (χ0n) is 10.6. The third-order valence-corrected chi connectivity index (χ3v) is 4.47. The molecule has 0 spiro atoms. The second kappa shape index (κ2) is 5.55. The summed E-state index contributed by atoms with van der Waals surface area (Å²) in [7, 11) is 0. The van der Waals surface area contributed by atoms with Crippen molar-refractivity contribution in [2.75, 3.05) is 5.32 Å². The van der Waals surface area contributed by atoms with Gasteiger partial charge in [0.15, 0.2) is 0 Å². The molecule has 2 nitrogen and oxygen atoms in total. The lowest BCUT2D eigenvalue weighted by Gasteiger charge is -2.04. The molecule has 19 heavy (non-hydrogen) atoms. The highest BCUT2D eigenvalue weighted by Gasteiger charge is 2.04. The van der Waals surface area contributed by atoms with Gasteiger partial charge >= 0.3 is 0 Å². The Morgan fingerprint density at radius 2 is 1.95 bits per heavy atom. The number of hydrogen-bond donors (Lipinski definition) is 1. The molecule has 3 aromatic rings. The van der Waals surface area contributed by atoms with Crippen LogP contribution in [0, 0.1) is 6.92 Å². The largest absolute Gasteiger partial charge is 0.379 e. The van der Waals surface area contributed by atoms with Crippen molar-refractivity contribution in [3.63, 3.8) is 0 Å². The third-order valence-electron chi connectivity index (χ3n) is 2.85. The number of thiazole rings is 1. The first-order valence-electron chi connectivity index (χ1n) is 6.09. The summed E-state index contributed by atoms with van der Waals surface area (Å²) in [4.78, 5) is 4.65. The van der Waals surface area contributed by atoms with E-state index in [1.165, 1.54) is 11.1 Å². The fourth-order valence-corrected chi connectivity index (χ4v) is 3.30. The zero-order valence-corrected chi connectivity index (χ0v) is 12.2. The van der Waals surface area contributed by atoms with E-state index in [2.05, 4.69) is 63.7 Å². The SMILES string of the molecule is Cc1ccc(NCc2csc(-c3ccsc3)n2)cc1. The normalized spacial score (nSPS) is 10.6. The van der Waals surface area contributed by atoms with Crippen LogP contribution in [0.4, 0.5) is 5.69 Å². The van der Waals surface area contributed by atoms with Gasteiger partial charge in [0.1, 0.15) is 5.01 Å². The van der Waals surface area contributed by atoms with Crippen LogP contribution >= 0.6 is 22.7 Å². The molecule has 2 heterocycles. The minimum absolute atomic E-state index is 0.768. The van der Waals surface area contributed by atoms with Crippen molar-refractivity contribution in [3.05, 3.63) is 57.7 Å². The Kier molecular flexibility index (Phi) is 3.62. The van der Waals surface area contributed by atoms with E-state index in [4.69, 9.17) is 0 Å². The van der Waals surface area contributed by atoms with Gasteiger partial charge in [0.25, 0.3) is 0 Å². The van der Waals surface area contributed by atoms with Crippen molar-refractivity contribution in [3.8, 4) is 10.6 Å². The first-order valence-corrected chi connectivity index (χ1v) is 7.91. The van der Waals surface area contributed by atoms with E-state index in [0.717, 1.165) is 22.9 Å². The van der Waals surface area contributed by atoms with E-state index in [0.29, 0.717) is 0 Å². The second-order valence-corrected chi connectivity index (χ2v) is 6.01. The number of hydrogen-bond acceptors (Lipinski definition) is 4. The maximum Gasteiger partial charge on any atom is 0.124 e. The Balaban J connectivity index is 1.66. The summed E-state index contributed by atoms with van der Waals surface area (Å²) in [5.74, 6) is 0. The standard InChI is InChI=1S/C15H14N2S2/c1-11-2-4-13(5-3-11)16-8-14-10-19-15(17-14)12-6-7-18-9-12/h2-7,9-10,16H,8H2,1H3. The molecule has 2 aromatic heterocycles. The van der Waals surface area contributed by atoms with E-state index in [-0.39, 0.29) is 0 Å². The highest BCUT2D eigenvalue weighted by Crippen LogP contribution is 2.25. The highest BCUT2D eigenvalue weighted by molar-refractivity contribution is 7.14. The fraction of sp³-hybridized carbons (Fsp3) is 0.133. The van der Waals surface area contributed by atoms with E-state index in [1.54, 1.807) is 22.7 Å². The summed E-state index contributed by atoms with van der Waals surface area (Å²) in [5.41, 5.74) is 4.72. The molecule has 0 aliphatic carbocycles. The molecule has 0 amide bonds. The Labute approximate surface area is 120 Å². The molecule has 0 saturated heterocycles. The molecule has 4 heteroatoms. The van der Waals surface area contributed by atoms with Gasteiger partial charge in [-0.3, -0.25) is 0 Å². The van der Waals surface area contributed by atoms with Crippen LogP contribution in [-0.4, -0.2) is 4.98 Å². The number of thiophene rings is 1. The molecule has 3 rings (SSSR count). The van der Waals surface area contributed by atoms with Crippen LogP contribution < -0.4 is 5.32 Å². The number of nitrogens with zero attached hydrogens (tertiary/aromatic N) is 1. The number of aromatic nitrogens is 1. The van der Waals surface area contributed by atoms with Crippen molar-refractivity contribution in [2.45, 2.75) is 13.5 Å². The Morgan fingerprint density at radius 3 is 2.68 bits per heavy atom. The van der Waals surface area contributed by atoms with Gasteiger partial charge in [-0.1, -0.05) is 17.7 Å². The van der Waals surface area contributed by atoms with Crippen LogP contribution in [0.25, 0.3) is 10.6 Å². The maximum absolute atomic E-state index is 4.65. The van der Waals surface area contributed by atoms with Crippen LogP contribution in [0.1, 0.15) is 11.3 Å².